The Morgan fingerprint density at radius 1 is 1.40 bits per heavy atom. The monoisotopic (exact) mass is 228 g/mol. The highest BCUT2D eigenvalue weighted by Gasteiger charge is 2.20. The van der Waals surface area contributed by atoms with Gasteiger partial charge in [-0.25, -0.2) is 0 Å². The molecule has 0 atom stereocenters. The first-order valence-electron chi connectivity index (χ1n) is 4.33. The third-order valence-electron chi connectivity index (χ3n) is 2.17. The largest absolute Gasteiger partial charge is 0.393 e. The number of nitro groups is 1. The molecule has 0 radical (unpaired) electrons. The van der Waals surface area contributed by atoms with E-state index in [1.807, 2.05) is 0 Å². The standard InChI is InChI=1S/C9H13N2O3P/c1-6-4-7(15(2,3)14)5-8(9(6)10)11(12)13/h4-5H,10H2,1-3H3. The molecule has 82 valence electrons. The van der Waals surface area contributed by atoms with Crippen molar-refractivity contribution in [2.45, 2.75) is 6.92 Å². The van der Waals surface area contributed by atoms with E-state index in [4.69, 9.17) is 5.73 Å². The van der Waals surface area contributed by atoms with Crippen molar-refractivity contribution in [3.05, 3.63) is 27.8 Å². The normalized spacial score (nSPS) is 11.4. The lowest BCUT2D eigenvalue weighted by molar-refractivity contribution is -0.383. The number of anilines is 1. The second-order valence-corrected chi connectivity index (χ2v) is 7.02. The average molecular weight is 228 g/mol. The number of benzene rings is 1. The lowest BCUT2D eigenvalue weighted by atomic mass is 10.2. The Morgan fingerprint density at radius 3 is 2.33 bits per heavy atom. The Hall–Kier alpha value is -1.35. The van der Waals surface area contributed by atoms with Crippen molar-refractivity contribution >= 4 is 23.8 Å². The Kier molecular flexibility index (Phi) is 2.86. The van der Waals surface area contributed by atoms with Crippen LogP contribution < -0.4 is 11.0 Å². The molecular formula is C9H13N2O3P. The molecule has 0 saturated heterocycles. The van der Waals surface area contributed by atoms with Gasteiger partial charge < -0.3 is 10.3 Å². The smallest absolute Gasteiger partial charge is 0.293 e. The molecule has 6 heteroatoms. The van der Waals surface area contributed by atoms with Crippen LogP contribution in [0.3, 0.4) is 0 Å². The molecule has 0 amide bonds. The highest BCUT2D eigenvalue weighted by atomic mass is 31.2. The van der Waals surface area contributed by atoms with Crippen molar-refractivity contribution in [1.29, 1.82) is 0 Å². The van der Waals surface area contributed by atoms with Gasteiger partial charge in [0.25, 0.3) is 5.69 Å². The lowest BCUT2D eigenvalue weighted by Crippen LogP contribution is -2.08. The number of rotatable bonds is 2. The molecule has 0 heterocycles. The summed E-state index contributed by atoms with van der Waals surface area (Å²) < 4.78 is 11.8. The van der Waals surface area contributed by atoms with Crippen LogP contribution in [0.4, 0.5) is 11.4 Å². The molecule has 0 bridgehead atoms. The molecule has 15 heavy (non-hydrogen) atoms. The molecule has 0 aromatic heterocycles. The van der Waals surface area contributed by atoms with E-state index >= 15 is 0 Å². The van der Waals surface area contributed by atoms with E-state index in [9.17, 15) is 14.7 Å². The predicted octanol–water partition coefficient (Wildman–Crippen LogP) is 1.73. The zero-order chi connectivity index (χ0) is 11.8. The van der Waals surface area contributed by atoms with E-state index in [0.29, 0.717) is 10.9 Å². The van der Waals surface area contributed by atoms with Crippen LogP contribution in [-0.4, -0.2) is 18.3 Å². The third kappa shape index (κ3) is 2.36. The van der Waals surface area contributed by atoms with Crippen LogP contribution in [0.2, 0.25) is 0 Å². The summed E-state index contributed by atoms with van der Waals surface area (Å²) in [5, 5.41) is 11.2. The van der Waals surface area contributed by atoms with E-state index in [2.05, 4.69) is 0 Å². The van der Waals surface area contributed by atoms with Crippen LogP contribution in [0.25, 0.3) is 0 Å². The van der Waals surface area contributed by atoms with Crippen molar-refractivity contribution in [3.63, 3.8) is 0 Å². The zero-order valence-corrected chi connectivity index (χ0v) is 9.75. The quantitative estimate of drug-likeness (QED) is 0.361. The average Bonchev–Trinajstić information content (AvgIpc) is 2.06. The van der Waals surface area contributed by atoms with Crippen molar-refractivity contribution < 1.29 is 9.49 Å². The second kappa shape index (κ2) is 3.66. The summed E-state index contributed by atoms with van der Waals surface area (Å²) in [5.74, 6) is 0. The summed E-state index contributed by atoms with van der Waals surface area (Å²) in [5.41, 5.74) is 6.11. The molecule has 0 aliphatic rings. The number of hydrogen-bond donors (Lipinski definition) is 1. The molecule has 0 fully saturated rings. The number of nitrogen functional groups attached to an aromatic ring is 1. The number of aryl methyl sites for hydroxylation is 1. The molecule has 0 aliphatic carbocycles. The summed E-state index contributed by atoms with van der Waals surface area (Å²) in [6.45, 7) is 4.81. The van der Waals surface area contributed by atoms with E-state index in [-0.39, 0.29) is 11.4 Å². The van der Waals surface area contributed by atoms with Gasteiger partial charge in [-0.1, -0.05) is 0 Å². The molecule has 0 unspecified atom stereocenters. The first-order chi connectivity index (χ1) is 6.73. The van der Waals surface area contributed by atoms with Gasteiger partial charge in [-0.05, 0) is 31.9 Å². The van der Waals surface area contributed by atoms with Gasteiger partial charge in [0.2, 0.25) is 0 Å². The Morgan fingerprint density at radius 2 is 1.93 bits per heavy atom. The van der Waals surface area contributed by atoms with Gasteiger partial charge in [-0.3, -0.25) is 10.1 Å². The molecule has 1 aromatic rings. The zero-order valence-electron chi connectivity index (χ0n) is 8.85. The van der Waals surface area contributed by atoms with Crippen molar-refractivity contribution in [2.75, 3.05) is 19.1 Å². The minimum absolute atomic E-state index is 0.136. The fraction of sp³-hybridized carbons (Fsp3) is 0.333. The summed E-state index contributed by atoms with van der Waals surface area (Å²) >= 11 is 0. The van der Waals surface area contributed by atoms with Gasteiger partial charge in [0.05, 0.1) is 4.92 Å². The van der Waals surface area contributed by atoms with Gasteiger partial charge in [-0.15, -0.1) is 0 Å². The minimum Gasteiger partial charge on any atom is -0.393 e. The van der Waals surface area contributed by atoms with Crippen molar-refractivity contribution in [1.82, 2.24) is 0 Å². The first kappa shape index (κ1) is 11.7. The van der Waals surface area contributed by atoms with Gasteiger partial charge in [-0.2, -0.15) is 0 Å². The van der Waals surface area contributed by atoms with Crippen LogP contribution in [0.15, 0.2) is 12.1 Å². The minimum atomic E-state index is -2.49. The van der Waals surface area contributed by atoms with E-state index < -0.39 is 12.1 Å². The van der Waals surface area contributed by atoms with Gasteiger partial charge in [0.15, 0.2) is 0 Å². The van der Waals surface area contributed by atoms with Gasteiger partial charge in [0, 0.05) is 11.4 Å². The predicted molar refractivity (Wildman–Crippen MR) is 61.3 cm³/mol. The van der Waals surface area contributed by atoms with Crippen LogP contribution in [0.1, 0.15) is 5.56 Å². The summed E-state index contributed by atoms with van der Waals surface area (Å²) in [6.07, 6.45) is 0. The molecule has 0 saturated carbocycles. The molecule has 0 aliphatic heterocycles. The summed E-state index contributed by atoms with van der Waals surface area (Å²) in [4.78, 5) is 10.1. The van der Waals surface area contributed by atoms with E-state index in [1.165, 1.54) is 6.07 Å². The number of nitrogens with two attached hydrogens (primary N) is 1. The maximum Gasteiger partial charge on any atom is 0.293 e. The fourth-order valence-electron chi connectivity index (χ4n) is 1.22. The second-order valence-electron chi connectivity index (χ2n) is 3.80. The SMILES string of the molecule is Cc1cc(P(C)(C)=O)cc([N+](=O)[O-])c1N. The summed E-state index contributed by atoms with van der Waals surface area (Å²) in [7, 11) is -2.49. The first-order valence-corrected chi connectivity index (χ1v) is 6.93. The number of nitrogens with zero attached hydrogens (tertiary/aromatic N) is 1. The number of nitro benzene ring substituents is 1. The van der Waals surface area contributed by atoms with Crippen LogP contribution in [0.5, 0.6) is 0 Å². The van der Waals surface area contributed by atoms with Gasteiger partial charge >= 0.3 is 0 Å². The highest BCUT2D eigenvalue weighted by molar-refractivity contribution is 7.70. The Bertz CT molecular complexity index is 465. The highest BCUT2D eigenvalue weighted by Crippen LogP contribution is 2.37. The molecule has 1 rings (SSSR count). The van der Waals surface area contributed by atoms with Crippen LogP contribution in [-0.2, 0) is 4.57 Å². The maximum atomic E-state index is 11.8. The molecule has 1 aromatic carbocycles. The van der Waals surface area contributed by atoms with E-state index in [1.54, 1.807) is 26.3 Å². The van der Waals surface area contributed by atoms with Gasteiger partial charge in [0.1, 0.15) is 12.8 Å². The molecular weight excluding hydrogens is 215 g/mol. The topological polar surface area (TPSA) is 86.2 Å². The van der Waals surface area contributed by atoms with E-state index in [0.717, 1.165) is 0 Å². The Balaban J connectivity index is 3.50. The molecule has 5 nitrogen and oxygen atoms in total. The lowest BCUT2D eigenvalue weighted by Gasteiger charge is -2.09. The Labute approximate surface area is 87.8 Å². The van der Waals surface area contributed by atoms with Crippen molar-refractivity contribution in [3.8, 4) is 0 Å². The maximum absolute atomic E-state index is 11.8. The summed E-state index contributed by atoms with van der Waals surface area (Å²) in [6, 6.07) is 2.94. The number of hydrogen-bond acceptors (Lipinski definition) is 4. The molecule has 2 N–H and O–H groups in total. The molecule has 0 spiro atoms. The van der Waals surface area contributed by atoms with Crippen LogP contribution in [0, 0.1) is 17.0 Å². The third-order valence-corrected chi connectivity index (χ3v) is 3.67. The fourth-order valence-corrected chi connectivity index (χ4v) is 2.16. The van der Waals surface area contributed by atoms with Crippen molar-refractivity contribution in [2.24, 2.45) is 0 Å². The van der Waals surface area contributed by atoms with Crippen LogP contribution >= 0.6 is 7.14 Å².